The van der Waals surface area contributed by atoms with E-state index in [1.54, 1.807) is 6.92 Å². The van der Waals surface area contributed by atoms with Crippen molar-refractivity contribution in [1.29, 1.82) is 0 Å². The number of nitrogens with one attached hydrogen (secondary N) is 1. The third-order valence-corrected chi connectivity index (χ3v) is 2.54. The molecule has 1 unspecified atom stereocenters. The Morgan fingerprint density at radius 2 is 2.17 bits per heavy atom. The first-order valence-corrected chi connectivity index (χ1v) is 4.73. The van der Waals surface area contributed by atoms with E-state index in [1.807, 2.05) is 6.92 Å². The maximum absolute atomic E-state index is 13.1. The van der Waals surface area contributed by atoms with Crippen LogP contribution >= 0.6 is 9.24 Å². The highest BCUT2D eigenvalue weighted by Crippen LogP contribution is 2.48. The minimum atomic E-state index is -1.16. The molecular weight excluding hydrogens is 176 g/mol. The van der Waals surface area contributed by atoms with E-state index in [4.69, 9.17) is 0 Å². The van der Waals surface area contributed by atoms with Crippen molar-refractivity contribution >= 4 is 15.1 Å². The highest BCUT2D eigenvalue weighted by molar-refractivity contribution is 7.18. The van der Waals surface area contributed by atoms with Crippen LogP contribution in [0, 0.1) is 0 Å². The number of hydrogen-bond acceptors (Lipinski definition) is 1. The standard InChI is InChI=1S/C8H15FNOP/c1-3-6(11)10-7(2)4-8(9,12)5-7/h3-5,12H2,1-2H3,(H,10,11). The molecule has 1 atom stereocenters. The van der Waals surface area contributed by atoms with Crippen LogP contribution in [0.2, 0.25) is 0 Å². The molecule has 1 amide bonds. The molecule has 1 aliphatic rings. The van der Waals surface area contributed by atoms with E-state index < -0.39 is 5.41 Å². The predicted octanol–water partition coefficient (Wildman–Crippen LogP) is 1.61. The van der Waals surface area contributed by atoms with Gasteiger partial charge in [-0.25, -0.2) is 4.39 Å². The minimum absolute atomic E-state index is 0.00185. The van der Waals surface area contributed by atoms with Gasteiger partial charge in [0.15, 0.2) is 0 Å². The summed E-state index contributed by atoms with van der Waals surface area (Å²) in [6.45, 7) is 3.67. The number of rotatable bonds is 2. The largest absolute Gasteiger partial charge is 0.351 e. The van der Waals surface area contributed by atoms with E-state index in [0.717, 1.165) is 0 Å². The number of hydrogen-bond donors (Lipinski definition) is 1. The lowest BCUT2D eigenvalue weighted by molar-refractivity contribution is -0.124. The third-order valence-electron chi connectivity index (χ3n) is 2.13. The molecule has 0 radical (unpaired) electrons. The Balaban J connectivity index is 2.40. The van der Waals surface area contributed by atoms with Crippen LogP contribution in [-0.4, -0.2) is 16.9 Å². The van der Waals surface area contributed by atoms with Gasteiger partial charge < -0.3 is 5.32 Å². The predicted molar refractivity (Wildman–Crippen MR) is 49.6 cm³/mol. The number of carbonyl (C=O) groups is 1. The second-order valence-corrected chi connectivity index (χ2v) is 4.89. The maximum Gasteiger partial charge on any atom is 0.220 e. The SMILES string of the molecule is CCC(=O)NC1(C)CC(F)(P)C1. The Hall–Kier alpha value is -0.170. The Morgan fingerprint density at radius 3 is 2.50 bits per heavy atom. The minimum Gasteiger partial charge on any atom is -0.351 e. The van der Waals surface area contributed by atoms with Gasteiger partial charge in [-0.05, 0) is 6.92 Å². The molecule has 4 heteroatoms. The number of halogens is 1. The van der Waals surface area contributed by atoms with E-state index in [2.05, 4.69) is 14.6 Å². The average Bonchev–Trinajstić information content (AvgIpc) is 1.82. The quantitative estimate of drug-likeness (QED) is 0.660. The van der Waals surface area contributed by atoms with Gasteiger partial charge in [0.1, 0.15) is 5.41 Å². The van der Waals surface area contributed by atoms with Crippen LogP contribution in [0.25, 0.3) is 0 Å². The molecule has 0 saturated heterocycles. The second kappa shape index (κ2) is 2.95. The number of carbonyl (C=O) groups excluding carboxylic acids is 1. The maximum atomic E-state index is 13.1. The van der Waals surface area contributed by atoms with Crippen molar-refractivity contribution in [3.63, 3.8) is 0 Å². The van der Waals surface area contributed by atoms with Crippen molar-refractivity contribution in [1.82, 2.24) is 5.32 Å². The molecular formula is C8H15FNOP. The van der Waals surface area contributed by atoms with E-state index in [9.17, 15) is 9.18 Å². The fraction of sp³-hybridized carbons (Fsp3) is 0.875. The highest BCUT2D eigenvalue weighted by Gasteiger charge is 2.50. The highest BCUT2D eigenvalue weighted by atomic mass is 31.0. The molecule has 1 N–H and O–H groups in total. The van der Waals surface area contributed by atoms with Gasteiger partial charge in [-0.15, -0.1) is 0 Å². The molecule has 1 rings (SSSR count). The molecule has 0 aliphatic heterocycles. The lowest BCUT2D eigenvalue weighted by Gasteiger charge is -2.48. The summed E-state index contributed by atoms with van der Waals surface area (Å²) in [5.41, 5.74) is -0.316. The fourth-order valence-corrected chi connectivity index (χ4v) is 2.66. The summed E-state index contributed by atoms with van der Waals surface area (Å²) in [4.78, 5) is 11.0. The second-order valence-electron chi connectivity index (χ2n) is 3.85. The molecule has 1 aliphatic carbocycles. The van der Waals surface area contributed by atoms with Gasteiger partial charge in [0.2, 0.25) is 5.91 Å². The summed E-state index contributed by atoms with van der Waals surface area (Å²) in [6.07, 6.45) is 1.26. The van der Waals surface area contributed by atoms with E-state index in [1.165, 1.54) is 0 Å². The van der Waals surface area contributed by atoms with E-state index in [0.29, 0.717) is 19.3 Å². The lowest BCUT2D eigenvalue weighted by atomic mass is 9.76. The van der Waals surface area contributed by atoms with E-state index in [-0.39, 0.29) is 11.4 Å². The van der Waals surface area contributed by atoms with Crippen LogP contribution in [-0.2, 0) is 4.79 Å². The Morgan fingerprint density at radius 1 is 1.67 bits per heavy atom. The first-order chi connectivity index (χ1) is 5.37. The molecule has 0 aromatic heterocycles. The normalized spacial score (nSPS) is 40.3. The summed E-state index contributed by atoms with van der Waals surface area (Å²) in [5.74, 6) is -0.00185. The van der Waals surface area contributed by atoms with Crippen LogP contribution in [0.15, 0.2) is 0 Å². The Kier molecular flexibility index (Phi) is 2.44. The molecule has 1 fully saturated rings. The third kappa shape index (κ3) is 2.16. The Labute approximate surface area is 74.5 Å². The monoisotopic (exact) mass is 191 g/mol. The van der Waals surface area contributed by atoms with Crippen LogP contribution < -0.4 is 5.32 Å². The summed E-state index contributed by atoms with van der Waals surface area (Å²) < 4.78 is 13.1. The van der Waals surface area contributed by atoms with E-state index >= 15 is 0 Å². The molecule has 0 aromatic rings. The van der Waals surface area contributed by atoms with Gasteiger partial charge in [-0.1, -0.05) is 16.2 Å². The van der Waals surface area contributed by atoms with Gasteiger partial charge in [-0.2, -0.15) is 0 Å². The van der Waals surface area contributed by atoms with Crippen LogP contribution in [0.4, 0.5) is 4.39 Å². The van der Waals surface area contributed by atoms with Gasteiger partial charge in [0.05, 0.1) is 0 Å². The summed E-state index contributed by atoms with van der Waals surface area (Å²) in [6, 6.07) is 0. The van der Waals surface area contributed by atoms with Crippen molar-refractivity contribution < 1.29 is 9.18 Å². The zero-order valence-corrected chi connectivity index (χ0v) is 8.64. The first-order valence-electron chi connectivity index (χ1n) is 4.16. The average molecular weight is 191 g/mol. The number of amides is 1. The Bertz CT molecular complexity index is 197. The smallest absolute Gasteiger partial charge is 0.220 e. The summed E-state index contributed by atoms with van der Waals surface area (Å²) in [7, 11) is 2.18. The molecule has 0 aromatic carbocycles. The van der Waals surface area contributed by atoms with Gasteiger partial charge >= 0.3 is 0 Å². The molecule has 70 valence electrons. The number of alkyl halides is 1. The topological polar surface area (TPSA) is 29.1 Å². The molecule has 0 bridgehead atoms. The van der Waals surface area contributed by atoms with Gasteiger partial charge in [0, 0.05) is 24.8 Å². The summed E-state index contributed by atoms with van der Waals surface area (Å²) >= 11 is 0. The lowest BCUT2D eigenvalue weighted by Crippen LogP contribution is -2.59. The first kappa shape index (κ1) is 9.91. The fourth-order valence-electron chi connectivity index (χ4n) is 1.76. The van der Waals surface area contributed by atoms with Crippen LogP contribution in [0.1, 0.15) is 33.1 Å². The van der Waals surface area contributed by atoms with Crippen molar-refractivity contribution in [3.8, 4) is 0 Å². The molecule has 1 saturated carbocycles. The van der Waals surface area contributed by atoms with Gasteiger partial charge in [-0.3, -0.25) is 4.79 Å². The molecule has 12 heavy (non-hydrogen) atoms. The molecule has 0 heterocycles. The molecule has 0 spiro atoms. The van der Waals surface area contributed by atoms with Gasteiger partial charge in [0.25, 0.3) is 0 Å². The van der Waals surface area contributed by atoms with Crippen molar-refractivity contribution in [2.75, 3.05) is 0 Å². The van der Waals surface area contributed by atoms with Crippen molar-refractivity contribution in [2.45, 2.75) is 44.1 Å². The van der Waals surface area contributed by atoms with Crippen LogP contribution in [0.5, 0.6) is 0 Å². The summed E-state index contributed by atoms with van der Waals surface area (Å²) in [5, 5.41) is 1.65. The zero-order chi connectivity index (χ0) is 9.41. The zero-order valence-electron chi connectivity index (χ0n) is 7.48. The molecule has 2 nitrogen and oxygen atoms in total. The van der Waals surface area contributed by atoms with Crippen molar-refractivity contribution in [3.05, 3.63) is 0 Å². The van der Waals surface area contributed by atoms with Crippen LogP contribution in [0.3, 0.4) is 0 Å². The van der Waals surface area contributed by atoms with Crippen molar-refractivity contribution in [2.24, 2.45) is 0 Å².